The summed E-state index contributed by atoms with van der Waals surface area (Å²) in [6.07, 6.45) is -3.62. The van der Waals surface area contributed by atoms with E-state index in [4.69, 9.17) is 0 Å². The van der Waals surface area contributed by atoms with Crippen LogP contribution >= 0.6 is 0 Å². The van der Waals surface area contributed by atoms with Gasteiger partial charge < -0.3 is 4.90 Å². The molecule has 1 aliphatic rings. The molecule has 156 valence electrons. The lowest BCUT2D eigenvalue weighted by molar-refractivity contribution is -0.137. The molecule has 1 aliphatic heterocycles. The highest BCUT2D eigenvalue weighted by Gasteiger charge is 2.33. The first-order valence-electron chi connectivity index (χ1n) is 8.72. The molecule has 5 nitrogen and oxygen atoms in total. The third kappa shape index (κ3) is 4.43. The van der Waals surface area contributed by atoms with Crippen molar-refractivity contribution in [3.63, 3.8) is 0 Å². The first-order chi connectivity index (χ1) is 13.5. The molecule has 2 aromatic rings. The number of aryl methyl sites for hydroxylation is 1. The van der Waals surface area contributed by atoms with Crippen LogP contribution in [-0.4, -0.2) is 38.8 Å². The van der Waals surface area contributed by atoms with Crippen molar-refractivity contribution in [3.8, 4) is 0 Å². The van der Waals surface area contributed by atoms with Crippen LogP contribution in [0.1, 0.15) is 17.5 Å². The van der Waals surface area contributed by atoms with Crippen LogP contribution in [0.2, 0.25) is 0 Å². The number of likely N-dealkylation sites (N-methyl/N-ethyl adjacent to an activating group) is 1. The second kappa shape index (κ2) is 7.75. The zero-order chi connectivity index (χ0) is 21.4. The molecule has 0 aromatic heterocycles. The summed E-state index contributed by atoms with van der Waals surface area (Å²) >= 11 is 0. The van der Waals surface area contributed by atoms with Crippen LogP contribution in [0.15, 0.2) is 47.4 Å². The van der Waals surface area contributed by atoms with Gasteiger partial charge in [0.2, 0.25) is 15.9 Å². The van der Waals surface area contributed by atoms with Gasteiger partial charge in [-0.15, -0.1) is 0 Å². The van der Waals surface area contributed by atoms with Gasteiger partial charge in [-0.25, -0.2) is 12.8 Å². The zero-order valence-corrected chi connectivity index (χ0v) is 16.2. The van der Waals surface area contributed by atoms with Gasteiger partial charge in [0.15, 0.2) is 0 Å². The van der Waals surface area contributed by atoms with Crippen LogP contribution in [0.3, 0.4) is 0 Å². The molecule has 0 N–H and O–H groups in total. The SMILES string of the molecule is CN(CC(=O)N1CCCc2cc(C(F)(F)F)ccc21)S(=O)(=O)c1ccc(F)cc1. The predicted octanol–water partition coefficient (Wildman–Crippen LogP) is 3.44. The van der Waals surface area contributed by atoms with Crippen LogP contribution < -0.4 is 4.90 Å². The first kappa shape index (κ1) is 21.3. The van der Waals surface area contributed by atoms with Crippen LogP contribution in [0, 0.1) is 5.82 Å². The van der Waals surface area contributed by atoms with Gasteiger partial charge in [-0.3, -0.25) is 4.79 Å². The topological polar surface area (TPSA) is 57.7 Å². The van der Waals surface area contributed by atoms with E-state index in [-0.39, 0.29) is 11.4 Å². The summed E-state index contributed by atoms with van der Waals surface area (Å²) in [5, 5.41) is 0. The smallest absolute Gasteiger partial charge is 0.311 e. The average Bonchev–Trinajstić information content (AvgIpc) is 2.66. The number of carbonyl (C=O) groups excluding carboxylic acids is 1. The summed E-state index contributed by atoms with van der Waals surface area (Å²) in [5.74, 6) is -1.15. The molecule has 1 amide bonds. The molecule has 29 heavy (non-hydrogen) atoms. The quantitative estimate of drug-likeness (QED) is 0.699. The van der Waals surface area contributed by atoms with Crippen LogP contribution in [0.5, 0.6) is 0 Å². The molecule has 0 atom stereocenters. The Kier molecular flexibility index (Phi) is 5.68. The summed E-state index contributed by atoms with van der Waals surface area (Å²) < 4.78 is 77.8. The molecule has 0 radical (unpaired) electrons. The standard InChI is InChI=1S/C19H18F4N2O3S/c1-24(29(27,28)16-7-5-15(20)6-8-16)12-18(26)25-10-2-3-13-11-14(19(21,22)23)4-9-17(13)25/h4-9,11H,2-3,10,12H2,1H3. The van der Waals surface area contributed by atoms with E-state index >= 15 is 0 Å². The normalized spacial score (nSPS) is 14.8. The lowest BCUT2D eigenvalue weighted by Gasteiger charge is -2.31. The molecule has 0 spiro atoms. The van der Waals surface area contributed by atoms with Crippen molar-refractivity contribution in [2.75, 3.05) is 25.0 Å². The maximum Gasteiger partial charge on any atom is 0.416 e. The Balaban J connectivity index is 1.80. The number of alkyl halides is 3. The Morgan fingerprint density at radius 2 is 1.79 bits per heavy atom. The van der Waals surface area contributed by atoms with Crippen molar-refractivity contribution in [1.29, 1.82) is 0 Å². The van der Waals surface area contributed by atoms with E-state index in [0.29, 0.717) is 24.1 Å². The largest absolute Gasteiger partial charge is 0.416 e. The predicted molar refractivity (Wildman–Crippen MR) is 98.3 cm³/mol. The van der Waals surface area contributed by atoms with E-state index in [0.717, 1.165) is 40.7 Å². The van der Waals surface area contributed by atoms with Gasteiger partial charge in [-0.2, -0.15) is 17.5 Å². The number of hydrogen-bond acceptors (Lipinski definition) is 3. The van der Waals surface area contributed by atoms with Gasteiger partial charge in [0.1, 0.15) is 5.82 Å². The molecule has 0 saturated heterocycles. The number of rotatable bonds is 4. The van der Waals surface area contributed by atoms with Crippen molar-refractivity contribution in [2.45, 2.75) is 23.9 Å². The molecule has 3 rings (SSSR count). The maximum absolute atomic E-state index is 13.0. The van der Waals surface area contributed by atoms with Gasteiger partial charge >= 0.3 is 6.18 Å². The summed E-state index contributed by atoms with van der Waals surface area (Å²) in [7, 11) is -2.81. The second-order valence-corrected chi connectivity index (χ2v) is 8.75. The van der Waals surface area contributed by atoms with E-state index in [9.17, 15) is 30.8 Å². The highest BCUT2D eigenvalue weighted by atomic mass is 32.2. The highest BCUT2D eigenvalue weighted by molar-refractivity contribution is 7.89. The Bertz CT molecular complexity index is 1020. The fourth-order valence-electron chi connectivity index (χ4n) is 3.18. The number of amides is 1. The number of fused-ring (bicyclic) bond motifs is 1. The minimum Gasteiger partial charge on any atom is -0.311 e. The highest BCUT2D eigenvalue weighted by Crippen LogP contribution is 2.35. The monoisotopic (exact) mass is 430 g/mol. The number of halogens is 4. The molecule has 0 saturated carbocycles. The lowest BCUT2D eigenvalue weighted by Crippen LogP contribution is -2.43. The molecular weight excluding hydrogens is 412 g/mol. The van der Waals surface area contributed by atoms with Gasteiger partial charge in [-0.05, 0) is 60.9 Å². The van der Waals surface area contributed by atoms with Gasteiger partial charge in [0.05, 0.1) is 17.0 Å². The summed E-state index contributed by atoms with van der Waals surface area (Å²) in [5.41, 5.74) is -0.0492. The zero-order valence-electron chi connectivity index (χ0n) is 15.4. The van der Waals surface area contributed by atoms with E-state index in [1.54, 1.807) is 0 Å². The molecular formula is C19H18F4N2O3S. The number of anilines is 1. The van der Waals surface area contributed by atoms with Crippen molar-refractivity contribution in [2.24, 2.45) is 0 Å². The fraction of sp³-hybridized carbons (Fsp3) is 0.316. The fourth-order valence-corrected chi connectivity index (χ4v) is 4.30. The Hall–Kier alpha value is -2.46. The minimum absolute atomic E-state index is 0.164. The molecule has 0 aliphatic carbocycles. The molecule has 0 unspecified atom stereocenters. The number of benzene rings is 2. The third-order valence-corrected chi connectivity index (χ3v) is 6.52. The Morgan fingerprint density at radius 1 is 1.14 bits per heavy atom. The summed E-state index contributed by atoms with van der Waals surface area (Å²) in [6.45, 7) is -0.220. The average molecular weight is 430 g/mol. The second-order valence-electron chi connectivity index (χ2n) is 6.71. The maximum atomic E-state index is 13.0. The van der Waals surface area contributed by atoms with Crippen LogP contribution in [0.4, 0.5) is 23.2 Å². The van der Waals surface area contributed by atoms with E-state index in [2.05, 4.69) is 0 Å². The Labute approximate surface area is 165 Å². The molecule has 10 heteroatoms. The lowest BCUT2D eigenvalue weighted by atomic mass is 9.99. The number of sulfonamides is 1. The van der Waals surface area contributed by atoms with Crippen LogP contribution in [-0.2, 0) is 27.4 Å². The third-order valence-electron chi connectivity index (χ3n) is 4.71. The van der Waals surface area contributed by atoms with Crippen molar-refractivity contribution in [3.05, 3.63) is 59.4 Å². The van der Waals surface area contributed by atoms with Crippen molar-refractivity contribution < 1.29 is 30.8 Å². The molecule has 0 bridgehead atoms. The van der Waals surface area contributed by atoms with Crippen molar-refractivity contribution in [1.82, 2.24) is 4.31 Å². The van der Waals surface area contributed by atoms with Crippen molar-refractivity contribution >= 4 is 21.6 Å². The summed E-state index contributed by atoms with van der Waals surface area (Å²) in [6, 6.07) is 7.37. The van der Waals surface area contributed by atoms with E-state index in [1.807, 2.05) is 0 Å². The molecule has 0 fully saturated rings. The minimum atomic E-state index is -4.48. The van der Waals surface area contributed by atoms with Gasteiger partial charge in [0.25, 0.3) is 0 Å². The summed E-state index contributed by atoms with van der Waals surface area (Å²) in [4.78, 5) is 13.9. The Morgan fingerprint density at radius 3 is 2.41 bits per heavy atom. The van der Waals surface area contributed by atoms with E-state index in [1.165, 1.54) is 18.0 Å². The van der Waals surface area contributed by atoms with Gasteiger partial charge in [-0.1, -0.05) is 0 Å². The van der Waals surface area contributed by atoms with Crippen LogP contribution in [0.25, 0.3) is 0 Å². The molecule has 1 heterocycles. The van der Waals surface area contributed by atoms with Gasteiger partial charge in [0, 0.05) is 19.3 Å². The number of hydrogen-bond donors (Lipinski definition) is 0. The number of carbonyl (C=O) groups is 1. The van der Waals surface area contributed by atoms with E-state index < -0.39 is 40.0 Å². The first-order valence-corrected chi connectivity index (χ1v) is 10.2. The number of nitrogens with zero attached hydrogens (tertiary/aromatic N) is 2. The molecule has 2 aromatic carbocycles.